The van der Waals surface area contributed by atoms with E-state index in [2.05, 4.69) is 11.8 Å². The third-order valence-electron chi connectivity index (χ3n) is 7.19. The molecule has 0 N–H and O–H groups in total. The second-order valence-corrected chi connectivity index (χ2v) is 11.5. The van der Waals surface area contributed by atoms with Gasteiger partial charge >= 0.3 is 6.18 Å². The van der Waals surface area contributed by atoms with Crippen molar-refractivity contribution in [2.45, 2.75) is 81.4 Å². The highest BCUT2D eigenvalue weighted by Crippen LogP contribution is 2.39. The highest BCUT2D eigenvalue weighted by atomic mass is 32.2. The van der Waals surface area contributed by atoms with E-state index < -0.39 is 26.7 Å². The third kappa shape index (κ3) is 4.83. The summed E-state index contributed by atoms with van der Waals surface area (Å²) in [6.07, 6.45) is 2.28. The Kier molecular flexibility index (Phi) is 6.60. The fourth-order valence-corrected chi connectivity index (χ4v) is 6.83. The number of carbonyl (C=O) groups is 1. The van der Waals surface area contributed by atoms with E-state index in [9.17, 15) is 26.4 Å². The summed E-state index contributed by atoms with van der Waals surface area (Å²) in [5, 5.41) is 0. The van der Waals surface area contributed by atoms with Crippen molar-refractivity contribution in [3.63, 3.8) is 0 Å². The van der Waals surface area contributed by atoms with Crippen molar-refractivity contribution in [1.82, 2.24) is 9.21 Å². The molecule has 0 spiro atoms. The van der Waals surface area contributed by atoms with Crippen LogP contribution in [0, 0.1) is 11.8 Å². The largest absolute Gasteiger partial charge is 0.417 e. The average molecular weight is 473 g/mol. The van der Waals surface area contributed by atoms with Gasteiger partial charge in [-0.05, 0) is 69.4 Å². The Morgan fingerprint density at radius 1 is 0.938 bits per heavy atom. The summed E-state index contributed by atoms with van der Waals surface area (Å²) in [6, 6.07) is 4.87. The van der Waals surface area contributed by atoms with Gasteiger partial charge in [0.25, 0.3) is 0 Å². The molecule has 178 valence electrons. The van der Waals surface area contributed by atoms with Gasteiger partial charge in [-0.1, -0.05) is 19.1 Å². The molecule has 2 saturated carbocycles. The summed E-state index contributed by atoms with van der Waals surface area (Å²) < 4.78 is 67.1. The normalized spacial score (nSPS) is 26.1. The zero-order chi connectivity index (χ0) is 23.1. The molecule has 32 heavy (non-hydrogen) atoms. The first-order valence-corrected chi connectivity index (χ1v) is 13.0. The van der Waals surface area contributed by atoms with E-state index >= 15 is 0 Å². The van der Waals surface area contributed by atoms with Crippen LogP contribution < -0.4 is 0 Å². The van der Waals surface area contributed by atoms with Crippen LogP contribution in [0.1, 0.15) is 63.9 Å². The maximum absolute atomic E-state index is 13.4. The summed E-state index contributed by atoms with van der Waals surface area (Å²) in [7, 11) is -4.29. The van der Waals surface area contributed by atoms with Crippen molar-refractivity contribution in [1.29, 1.82) is 0 Å². The molecule has 1 heterocycles. The van der Waals surface area contributed by atoms with Gasteiger partial charge in [-0.3, -0.25) is 4.79 Å². The Labute approximate surface area is 188 Å². The lowest BCUT2D eigenvalue weighted by Crippen LogP contribution is -2.49. The molecule has 1 saturated heterocycles. The quantitative estimate of drug-likeness (QED) is 0.626. The van der Waals surface area contributed by atoms with E-state index in [1.165, 1.54) is 12.1 Å². The number of hydrogen-bond acceptors (Lipinski definition) is 3. The predicted molar refractivity (Wildman–Crippen MR) is 114 cm³/mol. The summed E-state index contributed by atoms with van der Waals surface area (Å²) in [5.41, 5.74) is -1.15. The molecule has 0 atom stereocenters. The minimum Gasteiger partial charge on any atom is -0.336 e. The van der Waals surface area contributed by atoms with Gasteiger partial charge in [0.05, 0.1) is 10.5 Å². The first-order valence-electron chi connectivity index (χ1n) is 11.6. The van der Waals surface area contributed by atoms with Gasteiger partial charge in [-0.2, -0.15) is 17.5 Å². The molecule has 3 fully saturated rings. The number of nitrogens with zero attached hydrogens (tertiary/aromatic N) is 2. The van der Waals surface area contributed by atoms with Crippen LogP contribution in [0.2, 0.25) is 0 Å². The molecular weight excluding hydrogens is 441 g/mol. The topological polar surface area (TPSA) is 57.7 Å². The van der Waals surface area contributed by atoms with Crippen molar-refractivity contribution in [3.05, 3.63) is 29.8 Å². The zero-order valence-corrected chi connectivity index (χ0v) is 19.2. The van der Waals surface area contributed by atoms with Gasteiger partial charge in [-0.15, -0.1) is 0 Å². The maximum atomic E-state index is 13.4. The molecule has 1 aromatic carbocycles. The van der Waals surface area contributed by atoms with Crippen LogP contribution in [-0.4, -0.2) is 48.7 Å². The van der Waals surface area contributed by atoms with Crippen LogP contribution in [0.15, 0.2) is 29.2 Å². The van der Waals surface area contributed by atoms with E-state index in [0.29, 0.717) is 24.8 Å². The SMILES string of the molecule is CC1CCC(N(C(=O)C2CCN(S(=O)(=O)c3ccccc3C(F)(F)F)CC2)C2CC2)CC1. The molecule has 2 aliphatic carbocycles. The lowest BCUT2D eigenvalue weighted by molar-refractivity contribution is -0.141. The maximum Gasteiger partial charge on any atom is 0.417 e. The number of amides is 1. The van der Waals surface area contributed by atoms with Crippen LogP contribution >= 0.6 is 0 Å². The summed E-state index contributed by atoms with van der Waals surface area (Å²) in [5.74, 6) is 0.537. The van der Waals surface area contributed by atoms with E-state index in [4.69, 9.17) is 0 Å². The third-order valence-corrected chi connectivity index (χ3v) is 9.14. The van der Waals surface area contributed by atoms with E-state index in [1.54, 1.807) is 0 Å². The molecular formula is C23H31F3N2O3S. The number of alkyl halides is 3. The average Bonchev–Trinajstić information content (AvgIpc) is 3.60. The predicted octanol–water partition coefficient (Wildman–Crippen LogP) is 4.68. The van der Waals surface area contributed by atoms with E-state index in [0.717, 1.165) is 55.0 Å². The van der Waals surface area contributed by atoms with Gasteiger partial charge in [0.15, 0.2) is 0 Å². The van der Waals surface area contributed by atoms with Crippen LogP contribution in [0.5, 0.6) is 0 Å². The lowest BCUT2D eigenvalue weighted by Gasteiger charge is -2.40. The first kappa shape index (κ1) is 23.5. The number of piperidine rings is 1. The lowest BCUT2D eigenvalue weighted by atomic mass is 9.85. The molecule has 3 aliphatic rings. The molecule has 1 amide bonds. The van der Waals surface area contributed by atoms with Crippen molar-refractivity contribution in [2.75, 3.05) is 13.1 Å². The second-order valence-electron chi connectivity index (χ2n) is 9.56. The number of sulfonamides is 1. The minimum atomic E-state index is -4.75. The van der Waals surface area contributed by atoms with Gasteiger partial charge in [0, 0.05) is 31.1 Å². The standard InChI is InChI=1S/C23H31F3N2O3S/c1-16-6-8-18(9-7-16)28(19-10-11-19)22(29)17-12-14-27(15-13-17)32(30,31)21-5-3-2-4-20(21)23(24,25)26/h2-5,16-19H,6-15H2,1H3. The van der Waals surface area contributed by atoms with Crippen LogP contribution in [0.4, 0.5) is 13.2 Å². The number of rotatable bonds is 5. The Balaban J connectivity index is 1.44. The first-order chi connectivity index (χ1) is 15.1. The molecule has 0 radical (unpaired) electrons. The molecule has 0 unspecified atom stereocenters. The number of hydrogen-bond donors (Lipinski definition) is 0. The van der Waals surface area contributed by atoms with Crippen molar-refractivity contribution in [2.24, 2.45) is 11.8 Å². The van der Waals surface area contributed by atoms with Crippen molar-refractivity contribution < 1.29 is 26.4 Å². The minimum absolute atomic E-state index is 0.0607. The molecule has 0 bridgehead atoms. The number of carbonyl (C=O) groups excluding carboxylic acids is 1. The van der Waals surface area contributed by atoms with Crippen LogP contribution in [-0.2, 0) is 21.0 Å². The number of benzene rings is 1. The van der Waals surface area contributed by atoms with E-state index in [-0.39, 0.29) is 31.0 Å². The molecule has 1 aromatic rings. The van der Waals surface area contributed by atoms with Gasteiger partial charge in [-0.25, -0.2) is 8.42 Å². The fraction of sp³-hybridized carbons (Fsp3) is 0.696. The summed E-state index contributed by atoms with van der Waals surface area (Å²) >= 11 is 0. The Bertz CT molecular complexity index is 930. The smallest absolute Gasteiger partial charge is 0.336 e. The Hall–Kier alpha value is -1.61. The Morgan fingerprint density at radius 3 is 2.00 bits per heavy atom. The van der Waals surface area contributed by atoms with E-state index in [1.807, 2.05) is 0 Å². The van der Waals surface area contributed by atoms with Gasteiger partial charge in [0.1, 0.15) is 0 Å². The van der Waals surface area contributed by atoms with Gasteiger partial charge in [0.2, 0.25) is 15.9 Å². The molecule has 1 aliphatic heterocycles. The highest BCUT2D eigenvalue weighted by Gasteiger charge is 2.43. The molecule has 9 heteroatoms. The van der Waals surface area contributed by atoms with Crippen LogP contribution in [0.3, 0.4) is 0 Å². The van der Waals surface area contributed by atoms with Crippen molar-refractivity contribution in [3.8, 4) is 0 Å². The van der Waals surface area contributed by atoms with Gasteiger partial charge < -0.3 is 4.90 Å². The summed E-state index contributed by atoms with van der Waals surface area (Å²) in [4.78, 5) is 14.8. The molecule has 4 rings (SSSR count). The zero-order valence-electron chi connectivity index (χ0n) is 18.4. The summed E-state index contributed by atoms with van der Waals surface area (Å²) in [6.45, 7) is 2.36. The highest BCUT2D eigenvalue weighted by molar-refractivity contribution is 7.89. The monoisotopic (exact) mass is 472 g/mol. The van der Waals surface area contributed by atoms with Crippen LogP contribution in [0.25, 0.3) is 0 Å². The molecule has 0 aromatic heterocycles. The fourth-order valence-electron chi connectivity index (χ4n) is 5.15. The van der Waals surface area contributed by atoms with Crippen molar-refractivity contribution >= 4 is 15.9 Å². The Morgan fingerprint density at radius 2 is 1.47 bits per heavy atom. The molecule has 5 nitrogen and oxygen atoms in total. The second kappa shape index (κ2) is 8.97. The number of halogens is 3.